The number of aromatic nitrogens is 2. The van der Waals surface area contributed by atoms with E-state index in [9.17, 15) is 9.59 Å². The number of anilines is 1. The zero-order valence-electron chi connectivity index (χ0n) is 19.4. The van der Waals surface area contributed by atoms with Crippen LogP contribution in [0.1, 0.15) is 21.6 Å². The number of hydrogen-bond acceptors (Lipinski definition) is 8. The van der Waals surface area contributed by atoms with Crippen molar-refractivity contribution in [2.75, 3.05) is 32.6 Å². The van der Waals surface area contributed by atoms with Crippen LogP contribution in [0.15, 0.2) is 53.9 Å². The Morgan fingerprint density at radius 1 is 1.14 bits per heavy atom. The number of amides is 1. The predicted octanol–water partition coefficient (Wildman–Crippen LogP) is 4.15. The topological polar surface area (TPSA) is 93.6 Å². The van der Waals surface area contributed by atoms with Gasteiger partial charge in [-0.15, -0.1) is 11.3 Å². The summed E-state index contributed by atoms with van der Waals surface area (Å²) in [6.45, 7) is 1.07. The molecule has 1 aliphatic rings. The monoisotopic (exact) mass is 488 g/mol. The third-order valence-corrected chi connectivity index (χ3v) is 6.65. The number of nitrogens with zero attached hydrogens (tertiary/aromatic N) is 3. The summed E-state index contributed by atoms with van der Waals surface area (Å²) in [5.41, 5.74) is 4.61. The van der Waals surface area contributed by atoms with Gasteiger partial charge in [0.15, 0.2) is 11.7 Å². The van der Waals surface area contributed by atoms with Gasteiger partial charge < -0.3 is 14.4 Å². The number of benzene rings is 2. The maximum Gasteiger partial charge on any atom is 0.339 e. The summed E-state index contributed by atoms with van der Waals surface area (Å²) in [4.78, 5) is 37.1. The van der Waals surface area contributed by atoms with Gasteiger partial charge in [-0.2, -0.15) is 0 Å². The molecule has 1 amide bonds. The number of rotatable bonds is 6. The number of ether oxygens (including phenoxy) is 2. The number of thiazole rings is 1. The van der Waals surface area contributed by atoms with Crippen molar-refractivity contribution in [1.29, 1.82) is 0 Å². The van der Waals surface area contributed by atoms with Crippen molar-refractivity contribution in [3.63, 3.8) is 0 Å². The lowest BCUT2D eigenvalue weighted by Crippen LogP contribution is -2.30. The number of para-hydroxylation sites is 1. The third-order valence-electron chi connectivity index (χ3n) is 5.89. The van der Waals surface area contributed by atoms with Gasteiger partial charge in [0.05, 0.1) is 23.9 Å². The summed E-state index contributed by atoms with van der Waals surface area (Å²) in [6.07, 6.45) is 0.761. The number of hydrogen-bond donors (Lipinski definition) is 1. The summed E-state index contributed by atoms with van der Waals surface area (Å²) in [6, 6.07) is 15.0. The molecule has 0 saturated heterocycles. The smallest absolute Gasteiger partial charge is 0.339 e. The van der Waals surface area contributed by atoms with Crippen LogP contribution in [-0.4, -0.2) is 54.1 Å². The maximum absolute atomic E-state index is 13.2. The van der Waals surface area contributed by atoms with Crippen molar-refractivity contribution < 1.29 is 19.1 Å². The Morgan fingerprint density at radius 2 is 2.00 bits per heavy atom. The van der Waals surface area contributed by atoms with Gasteiger partial charge in [0.25, 0.3) is 5.91 Å². The molecule has 0 bridgehead atoms. The first kappa shape index (κ1) is 22.9. The van der Waals surface area contributed by atoms with Crippen LogP contribution in [0.2, 0.25) is 0 Å². The number of methoxy groups -OCH3 is 1. The molecule has 0 saturated carbocycles. The van der Waals surface area contributed by atoms with Crippen molar-refractivity contribution >= 4 is 39.2 Å². The first-order valence-electron chi connectivity index (χ1n) is 11.2. The first-order chi connectivity index (χ1) is 17.0. The van der Waals surface area contributed by atoms with Gasteiger partial charge in [-0.1, -0.05) is 30.3 Å². The Morgan fingerprint density at radius 3 is 2.86 bits per heavy atom. The zero-order chi connectivity index (χ0) is 24.4. The molecule has 0 radical (unpaired) electrons. The lowest BCUT2D eigenvalue weighted by atomic mass is 9.96. The lowest BCUT2D eigenvalue weighted by Gasteiger charge is -2.26. The minimum atomic E-state index is -0.526. The quantitative estimate of drug-likeness (QED) is 0.408. The van der Waals surface area contributed by atoms with Crippen LogP contribution >= 0.6 is 11.3 Å². The van der Waals surface area contributed by atoms with E-state index < -0.39 is 18.5 Å². The van der Waals surface area contributed by atoms with E-state index in [2.05, 4.69) is 15.2 Å². The minimum Gasteiger partial charge on any atom is -0.497 e. The van der Waals surface area contributed by atoms with Crippen LogP contribution in [0.25, 0.3) is 22.2 Å². The molecule has 2 aromatic carbocycles. The Labute approximate surface area is 206 Å². The molecule has 178 valence electrons. The van der Waals surface area contributed by atoms with Crippen molar-refractivity contribution in [3.05, 3.63) is 70.7 Å². The van der Waals surface area contributed by atoms with Crippen molar-refractivity contribution in [2.24, 2.45) is 0 Å². The highest BCUT2D eigenvalue weighted by molar-refractivity contribution is 7.14. The van der Waals surface area contributed by atoms with Crippen LogP contribution in [0.5, 0.6) is 5.75 Å². The average molecular weight is 489 g/mol. The SMILES string of the molecule is COc1cccc(-c2csc(NC(=O)COC(=O)c3c4c(nc5ccccc35)CCN(C)C4)n2)c1. The standard InChI is InChI=1S/C26H24N4O4S/c1-30-11-10-21-19(13-30)24(18-8-3-4-9-20(18)27-21)25(32)34-14-23(31)29-26-28-22(15-35-26)16-6-5-7-17(12-16)33-2/h3-9,12,15H,10-11,13-14H2,1-2H3,(H,28,29,31). The van der Waals surface area contributed by atoms with Crippen molar-refractivity contribution in [2.45, 2.75) is 13.0 Å². The van der Waals surface area contributed by atoms with Gasteiger partial charge in [0, 0.05) is 47.1 Å². The molecule has 8 nitrogen and oxygen atoms in total. The van der Waals surface area contributed by atoms with E-state index in [1.807, 2.05) is 61.0 Å². The Kier molecular flexibility index (Phi) is 6.43. The molecule has 0 spiro atoms. The molecule has 9 heteroatoms. The summed E-state index contributed by atoms with van der Waals surface area (Å²) in [5, 5.41) is 5.72. The van der Waals surface area contributed by atoms with Gasteiger partial charge >= 0.3 is 5.97 Å². The second-order valence-corrected chi connectivity index (χ2v) is 9.17. The molecule has 3 heterocycles. The van der Waals surface area contributed by atoms with Gasteiger partial charge in [0.1, 0.15) is 5.75 Å². The number of esters is 1. The minimum absolute atomic E-state index is 0.409. The number of carbonyl (C=O) groups is 2. The molecule has 2 aromatic heterocycles. The molecular formula is C26H24N4O4S. The van der Waals surface area contributed by atoms with Crippen LogP contribution in [-0.2, 0) is 22.5 Å². The largest absolute Gasteiger partial charge is 0.497 e. The zero-order valence-corrected chi connectivity index (χ0v) is 20.2. The number of nitrogens with one attached hydrogen (secondary N) is 1. The van der Waals surface area contributed by atoms with Gasteiger partial charge in [0.2, 0.25) is 0 Å². The van der Waals surface area contributed by atoms with E-state index in [0.717, 1.165) is 52.1 Å². The lowest BCUT2D eigenvalue weighted by molar-refractivity contribution is -0.119. The second kappa shape index (κ2) is 9.81. The molecular weight excluding hydrogens is 464 g/mol. The fraction of sp³-hybridized carbons (Fsp3) is 0.231. The summed E-state index contributed by atoms with van der Waals surface area (Å²) < 4.78 is 10.7. The predicted molar refractivity (Wildman–Crippen MR) is 135 cm³/mol. The molecule has 0 aliphatic carbocycles. The molecule has 1 N–H and O–H groups in total. The molecule has 35 heavy (non-hydrogen) atoms. The van der Waals surface area contributed by atoms with Gasteiger partial charge in [-0.3, -0.25) is 15.1 Å². The maximum atomic E-state index is 13.2. The Hall–Kier alpha value is -3.82. The van der Waals surface area contributed by atoms with Crippen LogP contribution in [0.3, 0.4) is 0 Å². The van der Waals surface area contributed by atoms with Crippen LogP contribution in [0.4, 0.5) is 5.13 Å². The fourth-order valence-electron chi connectivity index (χ4n) is 4.16. The molecule has 1 aliphatic heterocycles. The fourth-order valence-corrected chi connectivity index (χ4v) is 4.90. The number of likely N-dealkylation sites (N-methyl/N-ethyl adjacent to an activating group) is 1. The van der Waals surface area contributed by atoms with Crippen LogP contribution < -0.4 is 10.1 Å². The van der Waals surface area contributed by atoms with E-state index >= 15 is 0 Å². The first-order valence-corrected chi connectivity index (χ1v) is 12.1. The average Bonchev–Trinajstić information content (AvgIpc) is 3.34. The summed E-state index contributed by atoms with van der Waals surface area (Å²) >= 11 is 1.30. The Bertz CT molecular complexity index is 1420. The van der Waals surface area contributed by atoms with E-state index in [-0.39, 0.29) is 0 Å². The summed E-state index contributed by atoms with van der Waals surface area (Å²) in [7, 11) is 3.62. The number of carbonyl (C=O) groups excluding carboxylic acids is 2. The Balaban J connectivity index is 1.29. The number of fused-ring (bicyclic) bond motifs is 2. The van der Waals surface area contributed by atoms with Crippen LogP contribution in [0, 0.1) is 0 Å². The van der Waals surface area contributed by atoms with E-state index in [4.69, 9.17) is 14.5 Å². The highest BCUT2D eigenvalue weighted by Crippen LogP contribution is 2.29. The normalized spacial score (nSPS) is 13.3. The number of pyridine rings is 1. The van der Waals surface area contributed by atoms with Crippen molar-refractivity contribution in [3.8, 4) is 17.0 Å². The molecule has 0 unspecified atom stereocenters. The summed E-state index contributed by atoms with van der Waals surface area (Å²) in [5.74, 6) is -0.249. The van der Waals surface area contributed by atoms with E-state index in [1.165, 1.54) is 11.3 Å². The highest BCUT2D eigenvalue weighted by atomic mass is 32.1. The molecule has 0 fully saturated rings. The van der Waals surface area contributed by atoms with Gasteiger partial charge in [-0.05, 0) is 25.2 Å². The molecule has 5 rings (SSSR count). The van der Waals surface area contributed by atoms with E-state index in [0.29, 0.717) is 17.2 Å². The van der Waals surface area contributed by atoms with Crippen molar-refractivity contribution in [1.82, 2.24) is 14.9 Å². The third kappa shape index (κ3) is 4.87. The highest BCUT2D eigenvalue weighted by Gasteiger charge is 2.26. The van der Waals surface area contributed by atoms with E-state index in [1.54, 1.807) is 7.11 Å². The second-order valence-electron chi connectivity index (χ2n) is 8.31. The molecule has 0 atom stereocenters. The van der Waals surface area contributed by atoms with Gasteiger partial charge in [-0.25, -0.2) is 9.78 Å². The molecule has 4 aromatic rings.